The van der Waals surface area contributed by atoms with Gasteiger partial charge >= 0.3 is 0 Å². The fraction of sp³-hybridized carbons (Fsp3) is 0.706. The van der Waals surface area contributed by atoms with Crippen LogP contribution in [0.3, 0.4) is 0 Å². The van der Waals surface area contributed by atoms with Crippen molar-refractivity contribution in [1.82, 2.24) is 9.88 Å². The van der Waals surface area contributed by atoms with Gasteiger partial charge in [0.1, 0.15) is 0 Å². The molecule has 5 nitrogen and oxygen atoms in total. The highest BCUT2D eigenvalue weighted by Crippen LogP contribution is 2.18. The molecule has 0 radical (unpaired) electrons. The van der Waals surface area contributed by atoms with Crippen LogP contribution in [-0.2, 0) is 9.59 Å². The Labute approximate surface area is 143 Å². The van der Waals surface area contributed by atoms with Gasteiger partial charge in [0, 0.05) is 23.5 Å². The van der Waals surface area contributed by atoms with Crippen LogP contribution in [0.15, 0.2) is 6.20 Å². The van der Waals surface area contributed by atoms with E-state index in [1.807, 2.05) is 20.8 Å². The third-order valence-electron chi connectivity index (χ3n) is 3.76. The zero-order chi connectivity index (χ0) is 17.2. The van der Waals surface area contributed by atoms with Crippen molar-refractivity contribution in [1.29, 1.82) is 0 Å². The Balaban J connectivity index is 2.64. The molecule has 1 heterocycles. The van der Waals surface area contributed by atoms with Gasteiger partial charge in [-0.05, 0) is 26.2 Å². The van der Waals surface area contributed by atoms with Crippen LogP contribution >= 0.6 is 11.3 Å². The number of hydrogen-bond donors (Lipinski definition) is 1. The van der Waals surface area contributed by atoms with Crippen LogP contribution in [0.1, 0.15) is 57.8 Å². The average Bonchev–Trinajstić information content (AvgIpc) is 2.92. The van der Waals surface area contributed by atoms with Crippen LogP contribution in [0.25, 0.3) is 0 Å². The van der Waals surface area contributed by atoms with Gasteiger partial charge in [-0.3, -0.25) is 9.59 Å². The number of thiazole rings is 1. The first-order valence-corrected chi connectivity index (χ1v) is 9.34. The van der Waals surface area contributed by atoms with Crippen molar-refractivity contribution in [3.63, 3.8) is 0 Å². The van der Waals surface area contributed by atoms with Crippen molar-refractivity contribution in [2.45, 2.75) is 59.8 Å². The molecule has 23 heavy (non-hydrogen) atoms. The van der Waals surface area contributed by atoms with Crippen LogP contribution in [0.4, 0.5) is 5.13 Å². The number of aromatic nitrogens is 1. The first-order chi connectivity index (χ1) is 11.0. The number of nitrogens with one attached hydrogen (secondary N) is 1. The number of anilines is 1. The van der Waals surface area contributed by atoms with Crippen molar-refractivity contribution in [2.24, 2.45) is 5.92 Å². The number of hydrogen-bond acceptors (Lipinski definition) is 4. The van der Waals surface area contributed by atoms with Crippen molar-refractivity contribution in [2.75, 3.05) is 18.4 Å². The largest absolute Gasteiger partial charge is 0.333 e. The van der Waals surface area contributed by atoms with Crippen molar-refractivity contribution in [3.8, 4) is 0 Å². The summed E-state index contributed by atoms with van der Waals surface area (Å²) in [6.07, 6.45) is 6.44. The van der Waals surface area contributed by atoms with E-state index in [1.54, 1.807) is 11.1 Å². The molecule has 2 amide bonds. The highest BCUT2D eigenvalue weighted by molar-refractivity contribution is 7.15. The Morgan fingerprint density at radius 3 is 2.57 bits per heavy atom. The molecule has 1 aromatic rings. The molecule has 0 saturated heterocycles. The van der Waals surface area contributed by atoms with Gasteiger partial charge in [-0.25, -0.2) is 4.98 Å². The molecule has 1 atom stereocenters. The van der Waals surface area contributed by atoms with Crippen molar-refractivity contribution >= 4 is 28.3 Å². The summed E-state index contributed by atoms with van der Waals surface area (Å²) < 4.78 is 0. The minimum atomic E-state index is -0.175. The summed E-state index contributed by atoms with van der Waals surface area (Å²) in [7, 11) is 0. The molecule has 0 spiro atoms. The summed E-state index contributed by atoms with van der Waals surface area (Å²) in [6.45, 7) is 8.86. The zero-order valence-electron chi connectivity index (χ0n) is 14.7. The van der Waals surface area contributed by atoms with Crippen molar-refractivity contribution in [3.05, 3.63) is 11.1 Å². The van der Waals surface area contributed by atoms with Crippen LogP contribution in [0, 0.1) is 12.8 Å². The fourth-order valence-electron chi connectivity index (χ4n) is 2.49. The summed E-state index contributed by atoms with van der Waals surface area (Å²) in [4.78, 5) is 31.8. The minimum Gasteiger partial charge on any atom is -0.333 e. The van der Waals surface area contributed by atoms with E-state index in [9.17, 15) is 9.59 Å². The summed E-state index contributed by atoms with van der Waals surface area (Å²) >= 11 is 1.44. The summed E-state index contributed by atoms with van der Waals surface area (Å²) in [5.41, 5.74) is 0. The maximum absolute atomic E-state index is 12.7. The van der Waals surface area contributed by atoms with Gasteiger partial charge in [0.15, 0.2) is 5.13 Å². The Bertz CT molecular complexity index is 502. The molecule has 0 aliphatic carbocycles. The molecule has 0 aliphatic heterocycles. The van der Waals surface area contributed by atoms with Crippen LogP contribution in [0.5, 0.6) is 0 Å². The van der Waals surface area contributed by atoms with E-state index in [-0.39, 0.29) is 24.3 Å². The lowest BCUT2D eigenvalue weighted by molar-refractivity contribution is -0.138. The van der Waals surface area contributed by atoms with Gasteiger partial charge in [0.2, 0.25) is 11.8 Å². The molecule has 0 bridgehead atoms. The van der Waals surface area contributed by atoms with Gasteiger partial charge in [0.05, 0.1) is 6.54 Å². The third kappa shape index (κ3) is 6.69. The topological polar surface area (TPSA) is 62.3 Å². The van der Waals surface area contributed by atoms with Gasteiger partial charge in [-0.15, -0.1) is 11.3 Å². The monoisotopic (exact) mass is 339 g/mol. The van der Waals surface area contributed by atoms with E-state index in [2.05, 4.69) is 17.2 Å². The number of rotatable bonds is 10. The Morgan fingerprint density at radius 2 is 2.04 bits per heavy atom. The second-order valence-corrected chi connectivity index (χ2v) is 7.07. The maximum atomic E-state index is 12.7. The summed E-state index contributed by atoms with van der Waals surface area (Å²) in [6, 6.07) is 0. The minimum absolute atomic E-state index is 0.0245. The third-order valence-corrected chi connectivity index (χ3v) is 4.58. The van der Waals surface area contributed by atoms with E-state index < -0.39 is 0 Å². The highest BCUT2D eigenvalue weighted by atomic mass is 32.1. The number of carbonyl (C=O) groups is 2. The molecule has 0 saturated carbocycles. The number of nitrogens with zero attached hydrogens (tertiary/aromatic N) is 2. The standard InChI is InChI=1S/C17H29N3O2S/c1-5-8-9-14(7-3)16(22)20(10-6-2)12-15(21)19-17-18-11-13(4)23-17/h11,14H,5-10,12H2,1-4H3,(H,18,19,21). The first-order valence-electron chi connectivity index (χ1n) is 8.52. The lowest BCUT2D eigenvalue weighted by atomic mass is 9.97. The van der Waals surface area contributed by atoms with Crippen LogP contribution < -0.4 is 5.32 Å². The number of carbonyl (C=O) groups excluding carboxylic acids is 2. The second kappa shape index (κ2) is 10.4. The SMILES string of the molecule is CCCCC(CC)C(=O)N(CCC)CC(=O)Nc1ncc(C)s1. The van der Waals surface area contributed by atoms with Gasteiger partial charge in [-0.1, -0.05) is 33.6 Å². The predicted octanol–water partition coefficient (Wildman–Crippen LogP) is 3.85. The second-order valence-electron chi connectivity index (χ2n) is 5.83. The van der Waals surface area contributed by atoms with E-state index in [0.29, 0.717) is 11.7 Å². The molecule has 0 aliphatic rings. The van der Waals surface area contributed by atoms with Gasteiger partial charge < -0.3 is 10.2 Å². The van der Waals surface area contributed by atoms with Gasteiger partial charge in [-0.2, -0.15) is 0 Å². The number of unbranched alkanes of at least 4 members (excludes halogenated alkanes) is 1. The van der Waals surface area contributed by atoms with E-state index in [4.69, 9.17) is 0 Å². The Morgan fingerprint density at radius 1 is 1.30 bits per heavy atom. The lowest BCUT2D eigenvalue weighted by Gasteiger charge is -2.26. The Hall–Kier alpha value is -1.43. The first kappa shape index (κ1) is 19.6. The molecule has 6 heteroatoms. The molecule has 1 aromatic heterocycles. The average molecular weight is 340 g/mol. The summed E-state index contributed by atoms with van der Waals surface area (Å²) in [5.74, 6) is -0.0452. The quantitative estimate of drug-likeness (QED) is 0.704. The molecular weight excluding hydrogens is 310 g/mol. The predicted molar refractivity (Wildman–Crippen MR) is 95.7 cm³/mol. The molecule has 1 N–H and O–H groups in total. The van der Waals surface area contributed by atoms with Crippen LogP contribution in [-0.4, -0.2) is 34.8 Å². The number of aryl methyl sites for hydroxylation is 1. The molecule has 0 fully saturated rings. The van der Waals surface area contributed by atoms with E-state index in [0.717, 1.165) is 37.0 Å². The molecule has 0 aromatic carbocycles. The smallest absolute Gasteiger partial charge is 0.245 e. The molecular formula is C17H29N3O2S. The Kier molecular flexibility index (Phi) is 8.84. The fourth-order valence-corrected chi connectivity index (χ4v) is 3.17. The molecule has 130 valence electrons. The lowest BCUT2D eigenvalue weighted by Crippen LogP contribution is -2.41. The van der Waals surface area contributed by atoms with Crippen molar-refractivity contribution < 1.29 is 9.59 Å². The normalized spacial score (nSPS) is 12.0. The molecule has 1 rings (SSSR count). The van der Waals surface area contributed by atoms with E-state index >= 15 is 0 Å². The highest BCUT2D eigenvalue weighted by Gasteiger charge is 2.24. The zero-order valence-corrected chi connectivity index (χ0v) is 15.5. The van der Waals surface area contributed by atoms with E-state index in [1.165, 1.54) is 11.3 Å². The van der Waals surface area contributed by atoms with Crippen LogP contribution in [0.2, 0.25) is 0 Å². The number of amides is 2. The summed E-state index contributed by atoms with van der Waals surface area (Å²) in [5, 5.41) is 3.37. The van der Waals surface area contributed by atoms with Gasteiger partial charge in [0.25, 0.3) is 0 Å². The maximum Gasteiger partial charge on any atom is 0.245 e. The molecule has 1 unspecified atom stereocenters.